The molecule has 0 unspecified atom stereocenters. The summed E-state index contributed by atoms with van der Waals surface area (Å²) in [6.07, 6.45) is 0. The normalized spacial score (nSPS) is 17.4. The lowest BCUT2D eigenvalue weighted by Gasteiger charge is -2.41. The van der Waals surface area contributed by atoms with E-state index in [0.717, 1.165) is 39.4 Å². The fraction of sp³-hybridized carbons (Fsp3) is 0.647. The van der Waals surface area contributed by atoms with Crippen LogP contribution < -0.4 is 5.32 Å². The van der Waals surface area contributed by atoms with Crippen LogP contribution in [0.5, 0.6) is 0 Å². The van der Waals surface area contributed by atoms with E-state index >= 15 is 0 Å². The van der Waals surface area contributed by atoms with Gasteiger partial charge in [0.2, 0.25) is 0 Å². The highest BCUT2D eigenvalue weighted by Crippen LogP contribution is 2.17. The predicted octanol–water partition coefficient (Wildman–Crippen LogP) is 2.50. The summed E-state index contributed by atoms with van der Waals surface area (Å²) >= 11 is 0. The van der Waals surface area contributed by atoms with Crippen molar-refractivity contribution in [1.29, 1.82) is 0 Å². The number of hydrogen-bond acceptors (Lipinski definition) is 3. The van der Waals surface area contributed by atoms with Gasteiger partial charge in [0.15, 0.2) is 0 Å². The quantitative estimate of drug-likeness (QED) is 0.894. The van der Waals surface area contributed by atoms with Crippen molar-refractivity contribution in [1.82, 2.24) is 10.2 Å². The summed E-state index contributed by atoms with van der Waals surface area (Å²) in [5, 5.41) is 3.64. The lowest BCUT2D eigenvalue weighted by molar-refractivity contribution is -0.00967. The maximum absolute atomic E-state index is 5.44. The van der Waals surface area contributed by atoms with Crippen LogP contribution in [0.4, 0.5) is 0 Å². The average molecular weight is 276 g/mol. The molecule has 0 bridgehead atoms. The minimum absolute atomic E-state index is 0.181. The number of ether oxygens (including phenoxy) is 1. The van der Waals surface area contributed by atoms with Crippen LogP contribution in [0.2, 0.25) is 0 Å². The molecule has 112 valence electrons. The number of morpholine rings is 1. The second kappa shape index (κ2) is 6.70. The van der Waals surface area contributed by atoms with Gasteiger partial charge in [-0.15, -0.1) is 0 Å². The standard InChI is InChI=1S/C17H28N2O/c1-14-6-5-7-15(2)16(14)12-18-13-17(3,4)19-8-10-20-11-9-19/h5-7,18H,8-13H2,1-4H3. The first-order valence-electron chi connectivity index (χ1n) is 7.59. The van der Waals surface area contributed by atoms with E-state index in [1.807, 2.05) is 0 Å². The van der Waals surface area contributed by atoms with Gasteiger partial charge < -0.3 is 10.1 Å². The first kappa shape index (κ1) is 15.5. The van der Waals surface area contributed by atoms with Gasteiger partial charge in [0, 0.05) is 31.7 Å². The van der Waals surface area contributed by atoms with Crippen LogP contribution in [0.1, 0.15) is 30.5 Å². The molecule has 1 aromatic carbocycles. The van der Waals surface area contributed by atoms with Crippen molar-refractivity contribution < 1.29 is 4.74 Å². The Morgan fingerprint density at radius 3 is 2.35 bits per heavy atom. The molecule has 1 aliphatic rings. The maximum Gasteiger partial charge on any atom is 0.0594 e. The molecule has 0 aliphatic carbocycles. The molecule has 1 N–H and O–H groups in total. The van der Waals surface area contributed by atoms with Gasteiger partial charge in [0.05, 0.1) is 13.2 Å². The lowest BCUT2D eigenvalue weighted by atomic mass is 10.0. The van der Waals surface area contributed by atoms with Crippen molar-refractivity contribution in [3.8, 4) is 0 Å². The summed E-state index contributed by atoms with van der Waals surface area (Å²) in [4.78, 5) is 2.52. The van der Waals surface area contributed by atoms with Crippen molar-refractivity contribution in [2.24, 2.45) is 0 Å². The molecule has 0 aromatic heterocycles. The summed E-state index contributed by atoms with van der Waals surface area (Å²) in [6, 6.07) is 6.51. The molecule has 3 heteroatoms. The Morgan fingerprint density at radius 1 is 1.15 bits per heavy atom. The van der Waals surface area contributed by atoms with E-state index in [1.54, 1.807) is 0 Å². The highest BCUT2D eigenvalue weighted by atomic mass is 16.5. The van der Waals surface area contributed by atoms with Crippen LogP contribution in [-0.4, -0.2) is 43.3 Å². The average Bonchev–Trinajstić information content (AvgIpc) is 2.43. The third kappa shape index (κ3) is 3.81. The van der Waals surface area contributed by atoms with E-state index in [2.05, 4.69) is 56.1 Å². The zero-order valence-electron chi connectivity index (χ0n) is 13.3. The van der Waals surface area contributed by atoms with E-state index in [4.69, 9.17) is 4.74 Å². The third-order valence-electron chi connectivity index (χ3n) is 4.37. The van der Waals surface area contributed by atoms with E-state index < -0.39 is 0 Å². The van der Waals surface area contributed by atoms with Gasteiger partial charge in [0.25, 0.3) is 0 Å². The summed E-state index contributed by atoms with van der Waals surface area (Å²) in [7, 11) is 0. The van der Waals surface area contributed by atoms with Crippen molar-refractivity contribution >= 4 is 0 Å². The molecule has 0 amide bonds. The second-order valence-electron chi connectivity index (χ2n) is 6.39. The smallest absolute Gasteiger partial charge is 0.0594 e. The zero-order valence-corrected chi connectivity index (χ0v) is 13.3. The van der Waals surface area contributed by atoms with Crippen molar-refractivity contribution in [2.75, 3.05) is 32.8 Å². The van der Waals surface area contributed by atoms with Gasteiger partial charge in [-0.3, -0.25) is 4.90 Å². The Hall–Kier alpha value is -0.900. The topological polar surface area (TPSA) is 24.5 Å². The SMILES string of the molecule is Cc1cccc(C)c1CNCC(C)(C)N1CCOCC1. The molecule has 0 atom stereocenters. The molecule has 0 radical (unpaired) electrons. The van der Waals surface area contributed by atoms with Crippen LogP contribution in [0.25, 0.3) is 0 Å². The van der Waals surface area contributed by atoms with Gasteiger partial charge in [-0.05, 0) is 44.4 Å². The van der Waals surface area contributed by atoms with Crippen molar-refractivity contribution in [2.45, 2.75) is 39.8 Å². The molecule has 1 aliphatic heterocycles. The largest absolute Gasteiger partial charge is 0.379 e. The summed E-state index contributed by atoms with van der Waals surface area (Å²) in [5.41, 5.74) is 4.37. The van der Waals surface area contributed by atoms with Crippen LogP contribution in [0.15, 0.2) is 18.2 Å². The molecule has 1 fully saturated rings. The number of nitrogens with one attached hydrogen (secondary N) is 1. The molecule has 1 saturated heterocycles. The molecular formula is C17H28N2O. The summed E-state index contributed by atoms with van der Waals surface area (Å²) in [5.74, 6) is 0. The Bertz CT molecular complexity index is 416. The van der Waals surface area contributed by atoms with Gasteiger partial charge >= 0.3 is 0 Å². The minimum Gasteiger partial charge on any atom is -0.379 e. The fourth-order valence-electron chi connectivity index (χ4n) is 2.90. The van der Waals surface area contributed by atoms with E-state index in [1.165, 1.54) is 16.7 Å². The molecule has 0 spiro atoms. The Morgan fingerprint density at radius 2 is 1.75 bits per heavy atom. The van der Waals surface area contributed by atoms with Gasteiger partial charge in [0.1, 0.15) is 0 Å². The second-order valence-corrected chi connectivity index (χ2v) is 6.39. The van der Waals surface area contributed by atoms with E-state index in [9.17, 15) is 0 Å². The van der Waals surface area contributed by atoms with Crippen LogP contribution >= 0.6 is 0 Å². The fourth-order valence-corrected chi connectivity index (χ4v) is 2.90. The van der Waals surface area contributed by atoms with Gasteiger partial charge in [-0.1, -0.05) is 18.2 Å². The molecule has 20 heavy (non-hydrogen) atoms. The van der Waals surface area contributed by atoms with Gasteiger partial charge in [-0.25, -0.2) is 0 Å². The number of nitrogens with zero attached hydrogens (tertiary/aromatic N) is 1. The Balaban J connectivity index is 1.88. The number of benzene rings is 1. The molecule has 0 saturated carbocycles. The summed E-state index contributed by atoms with van der Waals surface area (Å²) < 4.78 is 5.44. The predicted molar refractivity (Wildman–Crippen MR) is 84.1 cm³/mol. The molecule has 1 heterocycles. The summed E-state index contributed by atoms with van der Waals surface area (Å²) in [6.45, 7) is 14.8. The Labute approximate surface area is 123 Å². The van der Waals surface area contributed by atoms with Crippen LogP contribution in [0, 0.1) is 13.8 Å². The maximum atomic E-state index is 5.44. The minimum atomic E-state index is 0.181. The van der Waals surface area contributed by atoms with Crippen molar-refractivity contribution in [3.63, 3.8) is 0 Å². The molecular weight excluding hydrogens is 248 g/mol. The van der Waals surface area contributed by atoms with E-state index in [0.29, 0.717) is 0 Å². The number of hydrogen-bond donors (Lipinski definition) is 1. The first-order chi connectivity index (χ1) is 9.50. The number of rotatable bonds is 5. The monoisotopic (exact) mass is 276 g/mol. The number of aryl methyl sites for hydroxylation is 2. The highest BCUT2D eigenvalue weighted by Gasteiger charge is 2.27. The first-order valence-corrected chi connectivity index (χ1v) is 7.59. The van der Waals surface area contributed by atoms with E-state index in [-0.39, 0.29) is 5.54 Å². The molecule has 1 aromatic rings. The molecule has 3 nitrogen and oxygen atoms in total. The van der Waals surface area contributed by atoms with Crippen LogP contribution in [-0.2, 0) is 11.3 Å². The lowest BCUT2D eigenvalue weighted by Crippen LogP contribution is -2.54. The Kier molecular flexibility index (Phi) is 5.19. The van der Waals surface area contributed by atoms with Gasteiger partial charge in [-0.2, -0.15) is 0 Å². The van der Waals surface area contributed by atoms with Crippen molar-refractivity contribution in [3.05, 3.63) is 34.9 Å². The molecule has 2 rings (SSSR count). The highest BCUT2D eigenvalue weighted by molar-refractivity contribution is 5.33. The van der Waals surface area contributed by atoms with Crippen LogP contribution in [0.3, 0.4) is 0 Å². The third-order valence-corrected chi connectivity index (χ3v) is 4.37. The zero-order chi connectivity index (χ0) is 14.6.